The van der Waals surface area contributed by atoms with E-state index in [1.807, 2.05) is 0 Å². The zero-order valence-electron chi connectivity index (χ0n) is 12.1. The molecule has 0 saturated heterocycles. The summed E-state index contributed by atoms with van der Waals surface area (Å²) >= 11 is 1.14. The molecule has 2 rings (SSSR count). The average molecular weight is 296 g/mol. The van der Waals surface area contributed by atoms with Crippen molar-refractivity contribution in [2.24, 2.45) is 5.41 Å². The van der Waals surface area contributed by atoms with Gasteiger partial charge in [-0.2, -0.15) is 0 Å². The molecule has 110 valence electrons. The third kappa shape index (κ3) is 3.56. The number of thiazole rings is 1. The first-order chi connectivity index (χ1) is 9.41. The van der Waals surface area contributed by atoms with Crippen LogP contribution in [0, 0.1) is 5.41 Å². The third-order valence-corrected chi connectivity index (χ3v) is 4.31. The number of aromatic nitrogens is 1. The minimum atomic E-state index is -0.474. The van der Waals surface area contributed by atoms with Crippen molar-refractivity contribution in [1.29, 1.82) is 0 Å². The number of rotatable bonds is 4. The van der Waals surface area contributed by atoms with Gasteiger partial charge in [-0.25, -0.2) is 9.78 Å². The predicted molar refractivity (Wildman–Crippen MR) is 77.0 cm³/mol. The van der Waals surface area contributed by atoms with Crippen molar-refractivity contribution in [2.45, 2.75) is 46.1 Å². The fraction of sp³-hybridized carbons (Fsp3) is 0.643. The van der Waals surface area contributed by atoms with E-state index in [0.29, 0.717) is 12.3 Å². The van der Waals surface area contributed by atoms with Crippen molar-refractivity contribution in [2.75, 3.05) is 6.61 Å². The monoisotopic (exact) mass is 296 g/mol. The topological polar surface area (TPSA) is 68.3 Å². The summed E-state index contributed by atoms with van der Waals surface area (Å²) in [6.07, 6.45) is 3.09. The van der Waals surface area contributed by atoms with Crippen LogP contribution in [0.1, 0.15) is 60.3 Å². The third-order valence-electron chi connectivity index (χ3n) is 3.49. The molecule has 1 aliphatic carbocycles. The molecule has 5 nitrogen and oxygen atoms in total. The van der Waals surface area contributed by atoms with Gasteiger partial charge in [0.25, 0.3) is 5.91 Å². The van der Waals surface area contributed by atoms with Gasteiger partial charge in [-0.1, -0.05) is 13.8 Å². The van der Waals surface area contributed by atoms with Crippen LogP contribution in [0.2, 0.25) is 0 Å². The van der Waals surface area contributed by atoms with E-state index in [-0.39, 0.29) is 22.4 Å². The summed E-state index contributed by atoms with van der Waals surface area (Å²) in [5.41, 5.74) is 0.582. The summed E-state index contributed by atoms with van der Waals surface area (Å²) in [4.78, 5) is 27.6. The number of carbonyl (C=O) groups is 2. The Labute approximate surface area is 122 Å². The van der Waals surface area contributed by atoms with E-state index in [1.165, 1.54) is 0 Å². The van der Waals surface area contributed by atoms with Crippen LogP contribution in [0.5, 0.6) is 0 Å². The molecule has 1 amide bonds. The Bertz CT molecular complexity index is 510. The molecule has 1 aromatic heterocycles. The average Bonchev–Trinajstić information content (AvgIpc) is 2.96. The summed E-state index contributed by atoms with van der Waals surface area (Å²) in [6.45, 7) is 6.46. The second-order valence-corrected chi connectivity index (χ2v) is 6.69. The van der Waals surface area contributed by atoms with Crippen LogP contribution in [0.4, 0.5) is 0 Å². The van der Waals surface area contributed by atoms with Crippen molar-refractivity contribution in [3.63, 3.8) is 0 Å². The summed E-state index contributed by atoms with van der Waals surface area (Å²) in [7, 11) is 0. The molecular formula is C14H20N2O3S. The lowest BCUT2D eigenvalue weighted by Gasteiger charge is -2.17. The van der Waals surface area contributed by atoms with Gasteiger partial charge in [0.15, 0.2) is 0 Å². The zero-order valence-corrected chi connectivity index (χ0v) is 12.9. The molecule has 1 saturated carbocycles. The summed E-state index contributed by atoms with van der Waals surface area (Å²) < 4.78 is 4.86. The first kappa shape index (κ1) is 15.0. The number of esters is 1. The minimum Gasteiger partial charge on any atom is -0.461 e. The number of amides is 1. The van der Waals surface area contributed by atoms with Crippen LogP contribution in [-0.4, -0.2) is 29.5 Å². The van der Waals surface area contributed by atoms with Crippen molar-refractivity contribution in [3.05, 3.63) is 16.1 Å². The van der Waals surface area contributed by atoms with Gasteiger partial charge >= 0.3 is 5.97 Å². The predicted octanol–water partition coefficient (Wildman–Crippen LogP) is 2.63. The van der Waals surface area contributed by atoms with Gasteiger partial charge in [-0.3, -0.25) is 4.79 Å². The SMILES string of the molecule is CCOC(=O)c1nc(C(=O)NC2CCC(C)(C)C2)cs1. The molecule has 0 radical (unpaired) electrons. The lowest BCUT2D eigenvalue weighted by atomic mass is 9.92. The second-order valence-electron chi connectivity index (χ2n) is 5.84. The Balaban J connectivity index is 1.95. The van der Waals surface area contributed by atoms with Gasteiger partial charge in [0.2, 0.25) is 5.01 Å². The number of hydrogen-bond acceptors (Lipinski definition) is 5. The van der Waals surface area contributed by atoms with Crippen LogP contribution in [-0.2, 0) is 4.74 Å². The summed E-state index contributed by atoms with van der Waals surface area (Å²) in [6, 6.07) is 0.199. The van der Waals surface area contributed by atoms with Crippen molar-refractivity contribution >= 4 is 23.2 Å². The highest BCUT2D eigenvalue weighted by Crippen LogP contribution is 2.36. The first-order valence-electron chi connectivity index (χ1n) is 6.85. The van der Waals surface area contributed by atoms with Gasteiger partial charge in [0, 0.05) is 11.4 Å². The highest BCUT2D eigenvalue weighted by molar-refractivity contribution is 7.11. The molecule has 1 aliphatic rings. The Kier molecular flexibility index (Phi) is 4.42. The molecule has 0 spiro atoms. The smallest absolute Gasteiger partial charge is 0.367 e. The number of nitrogens with one attached hydrogen (secondary N) is 1. The quantitative estimate of drug-likeness (QED) is 0.867. The molecule has 0 bridgehead atoms. The van der Waals surface area contributed by atoms with E-state index in [0.717, 1.165) is 30.6 Å². The number of nitrogens with zero attached hydrogens (tertiary/aromatic N) is 1. The zero-order chi connectivity index (χ0) is 14.8. The van der Waals surface area contributed by atoms with Crippen LogP contribution in [0.3, 0.4) is 0 Å². The molecule has 0 aromatic carbocycles. The van der Waals surface area contributed by atoms with Gasteiger partial charge < -0.3 is 10.1 Å². The number of ether oxygens (including phenoxy) is 1. The Morgan fingerprint density at radius 3 is 2.90 bits per heavy atom. The molecule has 1 aromatic rings. The Morgan fingerprint density at radius 2 is 2.30 bits per heavy atom. The fourth-order valence-corrected chi connectivity index (χ4v) is 3.17. The lowest BCUT2D eigenvalue weighted by Crippen LogP contribution is -2.33. The van der Waals surface area contributed by atoms with Gasteiger partial charge in [0.05, 0.1) is 6.61 Å². The molecule has 1 fully saturated rings. The maximum Gasteiger partial charge on any atom is 0.367 e. The summed E-state index contributed by atoms with van der Waals surface area (Å²) in [5.74, 6) is -0.682. The van der Waals surface area contributed by atoms with Crippen molar-refractivity contribution < 1.29 is 14.3 Å². The Morgan fingerprint density at radius 1 is 1.55 bits per heavy atom. The van der Waals surface area contributed by atoms with Crippen molar-refractivity contribution in [3.8, 4) is 0 Å². The molecule has 1 N–H and O–H groups in total. The highest BCUT2D eigenvalue weighted by atomic mass is 32.1. The molecule has 1 heterocycles. The molecule has 0 aliphatic heterocycles. The molecular weight excluding hydrogens is 276 g/mol. The van der Waals surface area contributed by atoms with E-state index in [2.05, 4.69) is 24.1 Å². The van der Waals surface area contributed by atoms with Crippen LogP contribution < -0.4 is 5.32 Å². The van der Waals surface area contributed by atoms with E-state index in [4.69, 9.17) is 4.74 Å². The second kappa shape index (κ2) is 5.91. The van der Waals surface area contributed by atoms with Gasteiger partial charge in [0.1, 0.15) is 5.69 Å². The Hall–Kier alpha value is -1.43. The maximum atomic E-state index is 12.1. The number of carbonyl (C=O) groups excluding carboxylic acids is 2. The lowest BCUT2D eigenvalue weighted by molar-refractivity contribution is 0.0526. The highest BCUT2D eigenvalue weighted by Gasteiger charge is 2.32. The fourth-order valence-electron chi connectivity index (χ4n) is 2.48. The number of hydrogen-bond donors (Lipinski definition) is 1. The molecule has 6 heteroatoms. The van der Waals surface area contributed by atoms with E-state index < -0.39 is 5.97 Å². The largest absolute Gasteiger partial charge is 0.461 e. The van der Waals surface area contributed by atoms with Gasteiger partial charge in [-0.15, -0.1) is 11.3 Å². The van der Waals surface area contributed by atoms with E-state index in [1.54, 1.807) is 12.3 Å². The summed E-state index contributed by atoms with van der Waals surface area (Å²) in [5, 5.41) is 4.81. The van der Waals surface area contributed by atoms with Crippen LogP contribution in [0.25, 0.3) is 0 Å². The molecule has 20 heavy (non-hydrogen) atoms. The molecule has 1 atom stereocenters. The normalized spacial score (nSPS) is 20.6. The maximum absolute atomic E-state index is 12.1. The van der Waals surface area contributed by atoms with E-state index >= 15 is 0 Å². The van der Waals surface area contributed by atoms with Crippen LogP contribution in [0.15, 0.2) is 5.38 Å². The van der Waals surface area contributed by atoms with Gasteiger partial charge in [-0.05, 0) is 31.6 Å². The van der Waals surface area contributed by atoms with Crippen molar-refractivity contribution in [1.82, 2.24) is 10.3 Å². The first-order valence-corrected chi connectivity index (χ1v) is 7.73. The minimum absolute atomic E-state index is 0.199. The van der Waals surface area contributed by atoms with E-state index in [9.17, 15) is 9.59 Å². The molecule has 1 unspecified atom stereocenters. The standard InChI is InChI=1S/C14H20N2O3S/c1-4-19-13(18)12-16-10(8-20-12)11(17)15-9-5-6-14(2,3)7-9/h8-9H,4-7H2,1-3H3,(H,15,17). The van der Waals surface area contributed by atoms with Crippen LogP contribution >= 0.6 is 11.3 Å².